The van der Waals surface area contributed by atoms with Crippen LogP contribution < -0.4 is 21.7 Å². The molecule has 28 heavy (non-hydrogen) atoms. The van der Waals surface area contributed by atoms with E-state index in [1.54, 1.807) is 24.3 Å². The Morgan fingerprint density at radius 3 is 2.29 bits per heavy atom. The number of nitrogens with zero attached hydrogens (tertiary/aromatic N) is 2. The van der Waals surface area contributed by atoms with Crippen LogP contribution in [-0.4, -0.2) is 33.7 Å². The highest BCUT2D eigenvalue weighted by atomic mass is 32.1. The molecule has 3 amide bonds. The van der Waals surface area contributed by atoms with Crippen molar-refractivity contribution in [3.8, 4) is 0 Å². The minimum atomic E-state index is -0.809. The van der Waals surface area contributed by atoms with Crippen LogP contribution in [0.1, 0.15) is 54.3 Å². The highest BCUT2D eigenvalue weighted by molar-refractivity contribution is 7.09. The van der Waals surface area contributed by atoms with Crippen LogP contribution in [0.25, 0.3) is 0 Å². The molecule has 2 aromatic rings. The van der Waals surface area contributed by atoms with Gasteiger partial charge in [0, 0.05) is 11.2 Å². The number of nitrogen functional groups attached to an aromatic ring is 1. The summed E-state index contributed by atoms with van der Waals surface area (Å²) < 4.78 is 3.90. The Labute approximate surface area is 168 Å². The van der Waals surface area contributed by atoms with Gasteiger partial charge in [-0.1, -0.05) is 25.1 Å². The van der Waals surface area contributed by atoms with Gasteiger partial charge in [0.1, 0.15) is 10.9 Å². The number of amides is 3. The second-order valence-corrected chi connectivity index (χ2v) is 8.09. The van der Waals surface area contributed by atoms with Crippen LogP contribution in [0.15, 0.2) is 30.3 Å². The summed E-state index contributed by atoms with van der Waals surface area (Å²) in [4.78, 5) is 39.2. The SMILES string of the molecule is CCC(C(=O)NC(C)(C)C)N(C(=O)c1snc(C(N)=O)c1N)c1ccccc1. The molecule has 1 aromatic carbocycles. The van der Waals surface area contributed by atoms with Crippen LogP contribution in [-0.2, 0) is 4.79 Å². The molecule has 9 heteroatoms. The summed E-state index contributed by atoms with van der Waals surface area (Å²) in [6.07, 6.45) is 0.379. The summed E-state index contributed by atoms with van der Waals surface area (Å²) in [6.45, 7) is 7.42. The molecule has 0 saturated heterocycles. The first-order valence-corrected chi connectivity index (χ1v) is 9.59. The van der Waals surface area contributed by atoms with E-state index in [1.165, 1.54) is 4.90 Å². The second kappa shape index (κ2) is 8.39. The number of para-hydroxylation sites is 1. The first-order valence-electron chi connectivity index (χ1n) is 8.82. The quantitative estimate of drug-likeness (QED) is 0.680. The molecule has 0 fully saturated rings. The minimum absolute atomic E-state index is 0.0691. The summed E-state index contributed by atoms with van der Waals surface area (Å²) in [5.41, 5.74) is 11.1. The van der Waals surface area contributed by atoms with E-state index in [-0.39, 0.29) is 22.2 Å². The van der Waals surface area contributed by atoms with Gasteiger partial charge < -0.3 is 16.8 Å². The van der Waals surface area contributed by atoms with E-state index in [0.29, 0.717) is 12.1 Å². The fourth-order valence-corrected chi connectivity index (χ4v) is 3.45. The Morgan fingerprint density at radius 2 is 1.82 bits per heavy atom. The Morgan fingerprint density at radius 1 is 1.21 bits per heavy atom. The number of aromatic nitrogens is 1. The molecule has 1 atom stereocenters. The monoisotopic (exact) mass is 403 g/mol. The summed E-state index contributed by atoms with van der Waals surface area (Å²) in [6, 6.07) is 8.06. The standard InChI is InChI=1S/C19H25N5O3S/c1-5-12(17(26)22-19(2,3)4)24(11-9-7-6-8-10-11)18(27)15-13(20)14(16(21)25)23-28-15/h6-10,12H,5,20H2,1-4H3,(H2,21,25)(H,22,26). The molecule has 0 spiro atoms. The van der Waals surface area contributed by atoms with Crippen molar-refractivity contribution in [2.24, 2.45) is 5.73 Å². The zero-order valence-corrected chi connectivity index (χ0v) is 17.2. The van der Waals surface area contributed by atoms with E-state index < -0.39 is 23.4 Å². The van der Waals surface area contributed by atoms with Gasteiger partial charge in [0.15, 0.2) is 5.69 Å². The molecule has 2 rings (SSSR count). The lowest BCUT2D eigenvalue weighted by molar-refractivity contribution is -0.123. The summed E-state index contributed by atoms with van der Waals surface area (Å²) in [5.74, 6) is -1.60. The number of carbonyl (C=O) groups is 3. The number of carbonyl (C=O) groups excluding carboxylic acids is 3. The molecule has 1 heterocycles. The van der Waals surface area contributed by atoms with E-state index in [4.69, 9.17) is 11.5 Å². The molecule has 1 unspecified atom stereocenters. The Balaban J connectivity index is 2.52. The number of benzene rings is 1. The molecule has 0 aliphatic carbocycles. The number of anilines is 2. The van der Waals surface area contributed by atoms with E-state index in [0.717, 1.165) is 11.5 Å². The number of nitrogens with two attached hydrogens (primary N) is 2. The van der Waals surface area contributed by atoms with Gasteiger partial charge in [0.05, 0.1) is 5.69 Å². The predicted octanol–water partition coefficient (Wildman–Crippen LogP) is 2.16. The van der Waals surface area contributed by atoms with E-state index in [2.05, 4.69) is 9.69 Å². The van der Waals surface area contributed by atoms with Crippen molar-refractivity contribution in [1.29, 1.82) is 0 Å². The van der Waals surface area contributed by atoms with Crippen molar-refractivity contribution in [3.05, 3.63) is 40.9 Å². The Kier molecular flexibility index (Phi) is 6.40. The van der Waals surface area contributed by atoms with Crippen LogP contribution in [0.3, 0.4) is 0 Å². The van der Waals surface area contributed by atoms with Crippen molar-refractivity contribution in [1.82, 2.24) is 9.69 Å². The van der Waals surface area contributed by atoms with Crippen LogP contribution in [0, 0.1) is 0 Å². The minimum Gasteiger partial charge on any atom is -0.395 e. The van der Waals surface area contributed by atoms with E-state index in [1.807, 2.05) is 33.8 Å². The van der Waals surface area contributed by atoms with Gasteiger partial charge in [0.25, 0.3) is 11.8 Å². The third-order valence-corrected chi connectivity index (χ3v) is 4.76. The molecule has 1 aromatic heterocycles. The molecule has 0 radical (unpaired) electrons. The fourth-order valence-electron chi connectivity index (χ4n) is 2.70. The molecule has 8 nitrogen and oxygen atoms in total. The number of rotatable bonds is 6. The predicted molar refractivity (Wildman–Crippen MR) is 110 cm³/mol. The van der Waals surface area contributed by atoms with Gasteiger partial charge in [-0.05, 0) is 50.9 Å². The summed E-state index contributed by atoms with van der Waals surface area (Å²) >= 11 is 0.790. The topological polar surface area (TPSA) is 131 Å². The smallest absolute Gasteiger partial charge is 0.272 e. The largest absolute Gasteiger partial charge is 0.395 e. The normalized spacial score (nSPS) is 12.3. The van der Waals surface area contributed by atoms with Gasteiger partial charge in [-0.3, -0.25) is 19.3 Å². The third kappa shape index (κ3) is 4.66. The zero-order valence-electron chi connectivity index (χ0n) is 16.4. The summed E-state index contributed by atoms with van der Waals surface area (Å²) in [5, 5.41) is 2.91. The number of nitrogens with one attached hydrogen (secondary N) is 1. The van der Waals surface area contributed by atoms with Gasteiger partial charge in [0.2, 0.25) is 5.91 Å². The lowest BCUT2D eigenvalue weighted by Gasteiger charge is -2.32. The van der Waals surface area contributed by atoms with Gasteiger partial charge in [-0.25, -0.2) is 0 Å². The summed E-state index contributed by atoms with van der Waals surface area (Å²) in [7, 11) is 0. The van der Waals surface area contributed by atoms with E-state index in [9.17, 15) is 14.4 Å². The van der Waals surface area contributed by atoms with Crippen LogP contribution in [0.2, 0.25) is 0 Å². The molecule has 0 aliphatic rings. The molecule has 0 bridgehead atoms. The molecular formula is C19H25N5O3S. The van der Waals surface area contributed by atoms with Crippen molar-refractivity contribution >= 4 is 40.6 Å². The molecule has 150 valence electrons. The average Bonchev–Trinajstić information content (AvgIpc) is 2.99. The van der Waals surface area contributed by atoms with Gasteiger partial charge >= 0.3 is 0 Å². The first-order chi connectivity index (χ1) is 13.1. The Bertz CT molecular complexity index is 873. The lowest BCUT2D eigenvalue weighted by Crippen LogP contribution is -2.54. The van der Waals surface area contributed by atoms with Crippen molar-refractivity contribution < 1.29 is 14.4 Å². The first kappa shape index (κ1) is 21.4. The maximum atomic E-state index is 13.4. The molecular weight excluding hydrogens is 378 g/mol. The van der Waals surface area contributed by atoms with Crippen LogP contribution >= 0.6 is 11.5 Å². The fraction of sp³-hybridized carbons (Fsp3) is 0.368. The number of hydrogen-bond acceptors (Lipinski definition) is 6. The van der Waals surface area contributed by atoms with Crippen LogP contribution in [0.4, 0.5) is 11.4 Å². The van der Waals surface area contributed by atoms with E-state index >= 15 is 0 Å². The maximum Gasteiger partial charge on any atom is 0.272 e. The van der Waals surface area contributed by atoms with Crippen molar-refractivity contribution in [3.63, 3.8) is 0 Å². The lowest BCUT2D eigenvalue weighted by atomic mass is 10.1. The third-order valence-electron chi connectivity index (χ3n) is 3.91. The second-order valence-electron chi connectivity index (χ2n) is 7.31. The van der Waals surface area contributed by atoms with Crippen molar-refractivity contribution in [2.45, 2.75) is 45.7 Å². The number of hydrogen-bond donors (Lipinski definition) is 3. The average molecular weight is 404 g/mol. The van der Waals surface area contributed by atoms with Gasteiger partial charge in [-0.2, -0.15) is 4.37 Å². The van der Waals surface area contributed by atoms with Crippen molar-refractivity contribution in [2.75, 3.05) is 10.6 Å². The number of primary amides is 1. The van der Waals surface area contributed by atoms with Crippen LogP contribution in [0.5, 0.6) is 0 Å². The molecule has 0 saturated carbocycles. The maximum absolute atomic E-state index is 13.4. The molecule has 0 aliphatic heterocycles. The zero-order chi connectivity index (χ0) is 21.1. The highest BCUT2D eigenvalue weighted by Crippen LogP contribution is 2.28. The van der Waals surface area contributed by atoms with Gasteiger partial charge in [-0.15, -0.1) is 0 Å². The highest BCUT2D eigenvalue weighted by Gasteiger charge is 2.34. The molecule has 5 N–H and O–H groups in total. The Hall–Kier alpha value is -2.94.